The van der Waals surface area contributed by atoms with Crippen LogP contribution in [-0.4, -0.2) is 22.5 Å². The predicted molar refractivity (Wildman–Crippen MR) is 85.1 cm³/mol. The number of rotatable bonds is 1. The van der Waals surface area contributed by atoms with Gasteiger partial charge in [-0.25, -0.2) is 0 Å². The van der Waals surface area contributed by atoms with Gasteiger partial charge in [-0.1, -0.05) is 6.07 Å². The first kappa shape index (κ1) is 13.9. The van der Waals surface area contributed by atoms with Crippen molar-refractivity contribution in [1.29, 1.82) is 0 Å². The Kier molecular flexibility index (Phi) is 3.59. The van der Waals surface area contributed by atoms with Gasteiger partial charge in [-0.3, -0.25) is 4.79 Å². The molecule has 108 valence electrons. The molecule has 0 aliphatic carbocycles. The van der Waals surface area contributed by atoms with Crippen molar-refractivity contribution in [2.75, 3.05) is 12.3 Å². The zero-order valence-corrected chi connectivity index (χ0v) is 12.9. The third-order valence-corrected chi connectivity index (χ3v) is 4.45. The van der Waals surface area contributed by atoms with Gasteiger partial charge in [0.05, 0.1) is 0 Å². The van der Waals surface area contributed by atoms with Gasteiger partial charge in [0.25, 0.3) is 5.91 Å². The van der Waals surface area contributed by atoms with Crippen LogP contribution < -0.4 is 5.73 Å². The number of benzene rings is 2. The Bertz CT molecular complexity index is 715. The van der Waals surface area contributed by atoms with E-state index in [1.807, 2.05) is 6.07 Å². The molecule has 2 aromatic carbocycles. The highest BCUT2D eigenvalue weighted by Crippen LogP contribution is 2.26. The molecule has 2 aromatic rings. The van der Waals surface area contributed by atoms with Gasteiger partial charge < -0.3 is 15.7 Å². The monoisotopic (exact) mass is 346 g/mol. The van der Waals surface area contributed by atoms with Crippen LogP contribution in [0.2, 0.25) is 0 Å². The van der Waals surface area contributed by atoms with Crippen LogP contribution in [0.25, 0.3) is 0 Å². The fourth-order valence-electron chi connectivity index (χ4n) is 2.58. The van der Waals surface area contributed by atoms with E-state index in [1.165, 1.54) is 5.56 Å². The van der Waals surface area contributed by atoms with E-state index in [0.29, 0.717) is 24.3 Å². The minimum absolute atomic E-state index is 0.0387. The lowest BCUT2D eigenvalue weighted by molar-refractivity contribution is 0.0734. The van der Waals surface area contributed by atoms with Crippen LogP contribution in [-0.2, 0) is 13.0 Å². The van der Waals surface area contributed by atoms with Crippen LogP contribution in [0, 0.1) is 0 Å². The Morgan fingerprint density at radius 3 is 2.76 bits per heavy atom. The number of aromatic hydroxyl groups is 1. The van der Waals surface area contributed by atoms with Crippen LogP contribution in [0.1, 0.15) is 21.5 Å². The highest BCUT2D eigenvalue weighted by atomic mass is 79.9. The molecule has 0 atom stereocenters. The molecule has 5 heteroatoms. The molecule has 3 rings (SSSR count). The Morgan fingerprint density at radius 1 is 1.19 bits per heavy atom. The second-order valence-electron chi connectivity index (χ2n) is 5.17. The number of anilines is 1. The number of nitrogen functional groups attached to an aromatic ring is 1. The Hall–Kier alpha value is -2.01. The second kappa shape index (κ2) is 5.41. The number of amides is 1. The number of phenols is 1. The van der Waals surface area contributed by atoms with Crippen molar-refractivity contribution in [2.45, 2.75) is 13.0 Å². The van der Waals surface area contributed by atoms with Crippen molar-refractivity contribution in [3.05, 3.63) is 57.6 Å². The van der Waals surface area contributed by atoms with Gasteiger partial charge in [0, 0.05) is 28.8 Å². The summed E-state index contributed by atoms with van der Waals surface area (Å²) in [5.41, 5.74) is 9.16. The first-order chi connectivity index (χ1) is 10.0. The number of carbonyl (C=O) groups excluding carboxylic acids is 1. The molecular weight excluding hydrogens is 332 g/mol. The highest BCUT2D eigenvalue weighted by Gasteiger charge is 2.22. The summed E-state index contributed by atoms with van der Waals surface area (Å²) in [6.45, 7) is 1.19. The molecule has 21 heavy (non-hydrogen) atoms. The van der Waals surface area contributed by atoms with Gasteiger partial charge in [0.2, 0.25) is 0 Å². The molecule has 1 heterocycles. The molecule has 0 radical (unpaired) electrons. The molecule has 0 saturated heterocycles. The van der Waals surface area contributed by atoms with Gasteiger partial charge in [-0.2, -0.15) is 0 Å². The van der Waals surface area contributed by atoms with E-state index in [9.17, 15) is 9.90 Å². The summed E-state index contributed by atoms with van der Waals surface area (Å²) in [5, 5.41) is 9.57. The molecule has 0 saturated carbocycles. The van der Waals surface area contributed by atoms with Crippen molar-refractivity contribution in [3.63, 3.8) is 0 Å². The van der Waals surface area contributed by atoms with Crippen molar-refractivity contribution in [3.8, 4) is 5.75 Å². The maximum Gasteiger partial charge on any atom is 0.254 e. The SMILES string of the molecule is Nc1cc(C(=O)N2CCc3ccc(O)cc3C2)ccc1Br. The van der Waals surface area contributed by atoms with Crippen LogP contribution in [0.5, 0.6) is 5.75 Å². The highest BCUT2D eigenvalue weighted by molar-refractivity contribution is 9.10. The largest absolute Gasteiger partial charge is 0.508 e. The number of halogens is 1. The summed E-state index contributed by atoms with van der Waals surface area (Å²) < 4.78 is 0.785. The quantitative estimate of drug-likeness (QED) is 0.780. The molecule has 1 amide bonds. The normalized spacial score (nSPS) is 13.9. The molecule has 0 fully saturated rings. The van der Waals surface area contributed by atoms with Gasteiger partial charge >= 0.3 is 0 Å². The molecule has 3 N–H and O–H groups in total. The number of carbonyl (C=O) groups is 1. The third kappa shape index (κ3) is 2.74. The Labute approximate surface area is 131 Å². The molecule has 0 unspecified atom stereocenters. The summed E-state index contributed by atoms with van der Waals surface area (Å²) in [4.78, 5) is 14.3. The lowest BCUT2D eigenvalue weighted by Crippen LogP contribution is -2.35. The summed E-state index contributed by atoms with van der Waals surface area (Å²) in [6, 6.07) is 10.6. The number of hydrogen-bond acceptors (Lipinski definition) is 3. The van der Waals surface area contributed by atoms with Gasteiger partial charge in [0.1, 0.15) is 5.75 Å². The van der Waals surface area contributed by atoms with Crippen LogP contribution in [0.3, 0.4) is 0 Å². The van der Waals surface area contributed by atoms with Crippen molar-refractivity contribution < 1.29 is 9.90 Å². The Morgan fingerprint density at radius 2 is 2.00 bits per heavy atom. The van der Waals surface area contributed by atoms with E-state index < -0.39 is 0 Å². The number of hydrogen-bond donors (Lipinski definition) is 2. The molecular formula is C16H15BrN2O2. The summed E-state index contributed by atoms with van der Waals surface area (Å²) in [7, 11) is 0. The maximum atomic E-state index is 12.6. The zero-order chi connectivity index (χ0) is 15.0. The second-order valence-corrected chi connectivity index (χ2v) is 6.02. The van der Waals surface area contributed by atoms with E-state index >= 15 is 0 Å². The summed E-state index contributed by atoms with van der Waals surface area (Å²) >= 11 is 3.33. The zero-order valence-electron chi connectivity index (χ0n) is 11.3. The molecule has 0 bridgehead atoms. The van der Waals surface area contributed by atoms with E-state index in [0.717, 1.165) is 16.5 Å². The molecule has 1 aliphatic rings. The number of nitrogens with zero attached hydrogens (tertiary/aromatic N) is 1. The first-order valence-electron chi connectivity index (χ1n) is 6.69. The van der Waals surface area contributed by atoms with Crippen molar-refractivity contribution >= 4 is 27.5 Å². The molecule has 1 aliphatic heterocycles. The number of fused-ring (bicyclic) bond motifs is 1. The van der Waals surface area contributed by atoms with Crippen LogP contribution in [0.4, 0.5) is 5.69 Å². The fraction of sp³-hybridized carbons (Fsp3) is 0.188. The maximum absolute atomic E-state index is 12.6. The minimum atomic E-state index is -0.0387. The molecule has 0 spiro atoms. The summed E-state index contributed by atoms with van der Waals surface area (Å²) in [6.07, 6.45) is 0.799. The third-order valence-electron chi connectivity index (χ3n) is 3.73. The number of phenolic OH excluding ortho intramolecular Hbond substituents is 1. The predicted octanol–water partition coefficient (Wildman–Crippen LogP) is 2.94. The van der Waals surface area contributed by atoms with Crippen molar-refractivity contribution in [2.24, 2.45) is 0 Å². The number of nitrogens with two attached hydrogens (primary N) is 1. The van der Waals surface area contributed by atoms with E-state index in [4.69, 9.17) is 5.73 Å². The van der Waals surface area contributed by atoms with Crippen LogP contribution >= 0.6 is 15.9 Å². The standard InChI is InChI=1S/C16H15BrN2O2/c17-14-4-2-11(8-15(14)18)16(21)19-6-5-10-1-3-13(20)7-12(10)9-19/h1-4,7-8,20H,5-6,9,18H2. The fourth-order valence-corrected chi connectivity index (χ4v) is 2.82. The minimum Gasteiger partial charge on any atom is -0.508 e. The van der Waals surface area contributed by atoms with Crippen LogP contribution in [0.15, 0.2) is 40.9 Å². The van der Waals surface area contributed by atoms with Gasteiger partial charge in [0.15, 0.2) is 0 Å². The smallest absolute Gasteiger partial charge is 0.254 e. The average molecular weight is 347 g/mol. The van der Waals surface area contributed by atoms with Gasteiger partial charge in [-0.15, -0.1) is 0 Å². The molecule has 0 aromatic heterocycles. The van der Waals surface area contributed by atoms with E-state index in [1.54, 1.807) is 35.2 Å². The Balaban J connectivity index is 1.85. The van der Waals surface area contributed by atoms with E-state index in [-0.39, 0.29) is 11.7 Å². The first-order valence-corrected chi connectivity index (χ1v) is 7.49. The lowest BCUT2D eigenvalue weighted by atomic mass is 9.99. The van der Waals surface area contributed by atoms with Crippen molar-refractivity contribution in [1.82, 2.24) is 4.90 Å². The topological polar surface area (TPSA) is 66.6 Å². The van der Waals surface area contributed by atoms with Gasteiger partial charge in [-0.05, 0) is 63.8 Å². The van der Waals surface area contributed by atoms with E-state index in [2.05, 4.69) is 15.9 Å². The molecule has 4 nitrogen and oxygen atoms in total. The average Bonchev–Trinajstić information content (AvgIpc) is 2.48. The lowest BCUT2D eigenvalue weighted by Gasteiger charge is -2.29. The summed E-state index contributed by atoms with van der Waals surface area (Å²) in [5.74, 6) is 0.194.